The van der Waals surface area contributed by atoms with Gasteiger partial charge < -0.3 is 25.4 Å². The molecule has 1 heterocycles. The molecule has 2 aromatic rings. The lowest BCUT2D eigenvalue weighted by atomic mass is 9.96. The molecular weight excluding hydrogens is 294 g/mol. The van der Waals surface area contributed by atoms with Crippen molar-refractivity contribution in [2.45, 2.75) is 18.4 Å². The third kappa shape index (κ3) is 4.91. The minimum atomic E-state index is -2.74. The van der Waals surface area contributed by atoms with Crippen molar-refractivity contribution in [2.75, 3.05) is 0 Å². The number of hydrogen-bond donors (Lipinski definition) is 5. The summed E-state index contributed by atoms with van der Waals surface area (Å²) in [7, 11) is 0. The first-order valence-corrected chi connectivity index (χ1v) is 6.15. The zero-order chi connectivity index (χ0) is 16.8. The van der Waals surface area contributed by atoms with E-state index in [4.69, 9.17) is 20.4 Å². The van der Waals surface area contributed by atoms with Gasteiger partial charge in [0.2, 0.25) is 0 Å². The zero-order valence-corrected chi connectivity index (χ0v) is 11.4. The second-order valence-electron chi connectivity index (χ2n) is 4.56. The molecule has 8 heteroatoms. The number of hydrogen-bond acceptors (Lipinski definition) is 4. The van der Waals surface area contributed by atoms with E-state index in [1.54, 1.807) is 0 Å². The molecule has 5 N–H and O–H groups in total. The van der Waals surface area contributed by atoms with Crippen molar-refractivity contribution in [2.24, 2.45) is 0 Å². The van der Waals surface area contributed by atoms with Gasteiger partial charge in [-0.3, -0.25) is 9.59 Å². The largest absolute Gasteiger partial charge is 0.481 e. The predicted octanol–water partition coefficient (Wildman–Crippen LogP) is 0.919. The summed E-state index contributed by atoms with van der Waals surface area (Å²) < 4.78 is 0. The van der Waals surface area contributed by atoms with Crippen molar-refractivity contribution < 1.29 is 34.8 Å². The highest BCUT2D eigenvalue weighted by Gasteiger charge is 2.40. The molecule has 0 spiro atoms. The Labute approximate surface area is 124 Å². The molecule has 8 nitrogen and oxygen atoms in total. The highest BCUT2D eigenvalue weighted by Crippen LogP contribution is 2.15. The number of rotatable bonds is 5. The lowest BCUT2D eigenvalue weighted by Gasteiger charge is -2.18. The lowest BCUT2D eigenvalue weighted by Crippen LogP contribution is -2.42. The second-order valence-corrected chi connectivity index (χ2v) is 4.56. The van der Waals surface area contributed by atoms with Gasteiger partial charge in [-0.25, -0.2) is 4.79 Å². The number of carboxylic acid groups (broad SMARTS) is 3. The van der Waals surface area contributed by atoms with Crippen LogP contribution >= 0.6 is 0 Å². The first kappa shape index (κ1) is 17.2. The monoisotopic (exact) mass is 309 g/mol. The molecule has 0 aliphatic heterocycles. The molecule has 0 amide bonds. The standard InChI is InChI=1S/C8H7N.C6H8O7/c1-2-4-8-6-9-5-7(8)3-1;7-3(8)1-6(13,5(11)12)2-4(9)10/h1-6,9H;13H,1-2H2,(H,7,8)(H,9,10)(H,11,12). The van der Waals surface area contributed by atoms with Gasteiger partial charge in [-0.05, 0) is 10.8 Å². The smallest absolute Gasteiger partial charge is 0.336 e. The van der Waals surface area contributed by atoms with Crippen molar-refractivity contribution in [3.63, 3.8) is 0 Å². The van der Waals surface area contributed by atoms with Crippen LogP contribution in [-0.2, 0) is 14.4 Å². The molecule has 0 unspecified atom stereocenters. The first-order chi connectivity index (χ1) is 10.2. The van der Waals surface area contributed by atoms with Gasteiger partial charge in [0.1, 0.15) is 0 Å². The summed E-state index contributed by atoms with van der Waals surface area (Å²) in [4.78, 5) is 33.5. The topological polar surface area (TPSA) is 148 Å². The molecule has 0 radical (unpaired) electrons. The third-order valence-corrected chi connectivity index (χ3v) is 2.76. The molecule has 0 aliphatic carbocycles. The van der Waals surface area contributed by atoms with E-state index >= 15 is 0 Å². The number of carbonyl (C=O) groups is 3. The Morgan fingerprint density at radius 3 is 1.64 bits per heavy atom. The lowest BCUT2D eigenvalue weighted by molar-refractivity contribution is -0.170. The molecule has 0 aliphatic rings. The van der Waals surface area contributed by atoms with Crippen LogP contribution in [0.2, 0.25) is 0 Å². The molecule has 0 atom stereocenters. The number of aliphatic carboxylic acids is 3. The van der Waals surface area contributed by atoms with Crippen molar-refractivity contribution >= 4 is 28.7 Å². The maximum Gasteiger partial charge on any atom is 0.336 e. The SMILES string of the molecule is O=C(O)CC(O)(CC(=O)O)C(=O)O.c1ccc2c[nH]cc2c1. The summed E-state index contributed by atoms with van der Waals surface area (Å²) in [6.07, 6.45) is 1.70. The average Bonchev–Trinajstić information content (AvgIpc) is 2.85. The molecule has 0 fully saturated rings. The van der Waals surface area contributed by atoms with Gasteiger partial charge >= 0.3 is 17.9 Å². The Bertz CT molecular complexity index is 630. The number of fused-ring (bicyclic) bond motifs is 1. The van der Waals surface area contributed by atoms with Crippen LogP contribution in [0.25, 0.3) is 10.8 Å². The Hall–Kier alpha value is -2.87. The molecule has 2 rings (SSSR count). The van der Waals surface area contributed by atoms with E-state index in [9.17, 15) is 14.4 Å². The number of aromatic nitrogens is 1. The maximum atomic E-state index is 10.3. The van der Waals surface area contributed by atoms with Crippen LogP contribution in [0.1, 0.15) is 12.8 Å². The van der Waals surface area contributed by atoms with Gasteiger partial charge in [0.15, 0.2) is 5.60 Å². The molecule has 0 saturated carbocycles. The van der Waals surface area contributed by atoms with E-state index in [-0.39, 0.29) is 0 Å². The van der Waals surface area contributed by atoms with E-state index in [2.05, 4.69) is 17.1 Å². The summed E-state index contributed by atoms with van der Waals surface area (Å²) in [6, 6.07) is 8.25. The highest BCUT2D eigenvalue weighted by molar-refractivity contribution is 5.88. The van der Waals surface area contributed by atoms with Crippen molar-refractivity contribution in [1.82, 2.24) is 4.98 Å². The third-order valence-electron chi connectivity index (χ3n) is 2.76. The van der Waals surface area contributed by atoms with Gasteiger partial charge in [0, 0.05) is 12.4 Å². The average molecular weight is 309 g/mol. The Morgan fingerprint density at radius 2 is 1.32 bits per heavy atom. The zero-order valence-electron chi connectivity index (χ0n) is 11.4. The van der Waals surface area contributed by atoms with Crippen LogP contribution in [-0.4, -0.2) is 48.9 Å². The van der Waals surface area contributed by atoms with Crippen molar-refractivity contribution in [3.8, 4) is 0 Å². The van der Waals surface area contributed by atoms with Gasteiger partial charge in [-0.2, -0.15) is 0 Å². The van der Waals surface area contributed by atoms with Crippen LogP contribution < -0.4 is 0 Å². The minimum Gasteiger partial charge on any atom is -0.481 e. The van der Waals surface area contributed by atoms with Crippen LogP contribution in [0.3, 0.4) is 0 Å². The molecular formula is C14H15NO7. The van der Waals surface area contributed by atoms with Crippen molar-refractivity contribution in [1.29, 1.82) is 0 Å². The molecule has 22 heavy (non-hydrogen) atoms. The molecule has 0 saturated heterocycles. The summed E-state index contributed by atoms with van der Waals surface area (Å²) >= 11 is 0. The van der Waals surface area contributed by atoms with Gasteiger partial charge in [0.05, 0.1) is 12.8 Å². The first-order valence-electron chi connectivity index (χ1n) is 6.15. The van der Waals surface area contributed by atoms with E-state index in [1.165, 1.54) is 10.8 Å². The molecule has 0 bridgehead atoms. The fourth-order valence-corrected chi connectivity index (χ4v) is 1.71. The summed E-state index contributed by atoms with van der Waals surface area (Å²) in [5.41, 5.74) is -2.74. The summed E-state index contributed by atoms with van der Waals surface area (Å²) in [5.74, 6) is -5.02. The van der Waals surface area contributed by atoms with Crippen molar-refractivity contribution in [3.05, 3.63) is 36.7 Å². The Balaban J connectivity index is 0.000000231. The number of aliphatic hydroxyl groups is 1. The second kappa shape index (κ2) is 7.23. The summed E-state index contributed by atoms with van der Waals surface area (Å²) in [5, 5.41) is 36.4. The molecule has 1 aromatic carbocycles. The quantitative estimate of drug-likeness (QED) is 0.551. The number of nitrogens with one attached hydrogen (secondary N) is 1. The molecule has 118 valence electrons. The Morgan fingerprint density at radius 1 is 0.909 bits per heavy atom. The predicted molar refractivity (Wildman–Crippen MR) is 75.4 cm³/mol. The summed E-state index contributed by atoms with van der Waals surface area (Å²) in [6.45, 7) is 0. The van der Waals surface area contributed by atoms with Gasteiger partial charge in [0.25, 0.3) is 0 Å². The number of benzene rings is 1. The van der Waals surface area contributed by atoms with E-state index in [0.717, 1.165) is 0 Å². The van der Waals surface area contributed by atoms with E-state index in [1.807, 2.05) is 24.5 Å². The Kier molecular flexibility index (Phi) is 5.65. The number of H-pyrrole nitrogens is 1. The van der Waals surface area contributed by atoms with Gasteiger partial charge in [-0.15, -0.1) is 0 Å². The number of carboxylic acids is 3. The maximum absolute atomic E-state index is 10.3. The van der Waals surface area contributed by atoms with Crippen LogP contribution in [0, 0.1) is 0 Å². The van der Waals surface area contributed by atoms with Crippen LogP contribution in [0.5, 0.6) is 0 Å². The normalized spacial score (nSPS) is 10.6. The fraction of sp³-hybridized carbons (Fsp3) is 0.214. The molecule has 1 aromatic heterocycles. The van der Waals surface area contributed by atoms with E-state index in [0.29, 0.717) is 0 Å². The van der Waals surface area contributed by atoms with Crippen LogP contribution in [0.15, 0.2) is 36.7 Å². The van der Waals surface area contributed by atoms with E-state index < -0.39 is 36.4 Å². The highest BCUT2D eigenvalue weighted by atomic mass is 16.4. The van der Waals surface area contributed by atoms with Crippen LogP contribution in [0.4, 0.5) is 0 Å². The fourth-order valence-electron chi connectivity index (χ4n) is 1.71. The number of aromatic amines is 1. The van der Waals surface area contributed by atoms with Gasteiger partial charge in [-0.1, -0.05) is 24.3 Å². The minimum absolute atomic E-state index is 1.14.